The summed E-state index contributed by atoms with van der Waals surface area (Å²) in [7, 11) is 0. The molecule has 0 bridgehead atoms. The van der Waals surface area contributed by atoms with Crippen LogP contribution in [-0.2, 0) is 9.53 Å². The summed E-state index contributed by atoms with van der Waals surface area (Å²) in [6, 6.07) is 1.25. The molecule has 1 aromatic heterocycles. The van der Waals surface area contributed by atoms with Crippen molar-refractivity contribution in [3.8, 4) is 0 Å². The molecule has 12 nitrogen and oxygen atoms in total. The van der Waals surface area contributed by atoms with Gasteiger partial charge in [0.2, 0.25) is 11.3 Å². The number of aromatic nitrogens is 1. The van der Waals surface area contributed by atoms with E-state index >= 15 is 4.39 Å². The van der Waals surface area contributed by atoms with Gasteiger partial charge in [-0.15, -0.1) is 0 Å². The Kier molecular flexibility index (Phi) is 7.13. The highest BCUT2D eigenvalue weighted by molar-refractivity contribution is 5.98. The average molecular weight is 535 g/mol. The van der Waals surface area contributed by atoms with Gasteiger partial charge in [0.25, 0.3) is 5.91 Å². The summed E-state index contributed by atoms with van der Waals surface area (Å²) in [6.07, 6.45) is -3.24. The number of piperazine rings is 1. The Bertz CT molecular complexity index is 1310. The van der Waals surface area contributed by atoms with E-state index in [1.54, 1.807) is 15.5 Å². The number of ether oxygens (including phenoxy) is 1. The van der Waals surface area contributed by atoms with Crippen LogP contribution in [0.3, 0.4) is 0 Å². The molecule has 3 aliphatic rings. The lowest BCUT2D eigenvalue weighted by atomic mass is 9.96. The maximum Gasteiger partial charge on any atom is 0.257 e. The number of rotatable bonds is 5. The Labute approximate surface area is 216 Å². The zero-order chi connectivity index (χ0) is 27.3. The summed E-state index contributed by atoms with van der Waals surface area (Å²) in [6.45, 7) is 2.62. The van der Waals surface area contributed by atoms with Gasteiger partial charge in [-0.3, -0.25) is 14.4 Å². The van der Waals surface area contributed by atoms with Crippen LogP contribution >= 0.6 is 0 Å². The van der Waals surface area contributed by atoms with Gasteiger partial charge < -0.3 is 44.8 Å². The number of nitrogens with zero attached hydrogens (tertiary/aromatic N) is 3. The highest BCUT2D eigenvalue weighted by Gasteiger charge is 2.44. The second kappa shape index (κ2) is 10.2. The van der Waals surface area contributed by atoms with Crippen LogP contribution in [0.1, 0.15) is 36.2 Å². The number of benzene rings is 1. The van der Waals surface area contributed by atoms with Gasteiger partial charge in [-0.25, -0.2) is 4.39 Å². The largest absolute Gasteiger partial charge is 0.394 e. The number of carbonyl (C=O) groups is 2. The van der Waals surface area contributed by atoms with Crippen LogP contribution in [0.4, 0.5) is 10.1 Å². The fourth-order valence-corrected chi connectivity index (χ4v) is 5.16. The number of hydrogen-bond donors (Lipinski definition) is 5. The molecule has 2 aliphatic heterocycles. The third kappa shape index (κ3) is 4.76. The van der Waals surface area contributed by atoms with Gasteiger partial charge in [0.05, 0.1) is 17.8 Å². The topological polar surface area (TPSA) is 165 Å². The van der Waals surface area contributed by atoms with E-state index in [0.717, 1.165) is 18.9 Å². The first-order valence-corrected chi connectivity index (χ1v) is 12.6. The molecule has 5 rings (SSSR count). The number of fused-ring (bicyclic) bond motifs is 1. The molecular weight excluding hydrogens is 503 g/mol. The number of aliphatic hydroxyl groups excluding tert-OH is 4. The number of carbonyl (C=O) groups excluding carboxylic acids is 2. The van der Waals surface area contributed by atoms with E-state index in [1.807, 2.05) is 4.90 Å². The second-order valence-corrected chi connectivity index (χ2v) is 10.1. The van der Waals surface area contributed by atoms with Crippen molar-refractivity contribution >= 4 is 28.4 Å². The van der Waals surface area contributed by atoms with Crippen LogP contribution in [0.15, 0.2) is 23.1 Å². The van der Waals surface area contributed by atoms with Crippen molar-refractivity contribution in [2.75, 3.05) is 37.7 Å². The Balaban J connectivity index is 1.47. The monoisotopic (exact) mass is 534 g/mol. The summed E-state index contributed by atoms with van der Waals surface area (Å²) >= 11 is 0. The SMILES string of the molecule is CC(=O)N1CCN(c2cc3c(cc2F)c(=O)c(C(=O)N[C@H]2C(O)O[C@H](CO)[C@@H](O)[C@@H]2O)cn3C2CC2)CC1. The standard InChI is InChI=1S/C25H31FN4O8/c1-12(32)28-4-6-29(7-5-28)18-9-17-14(8-16(18)26)21(33)15(10-30(17)13-2-3-13)24(36)27-20-23(35)22(34)19(11-31)38-25(20)37/h8-10,13,19-20,22-23,25,31,34-35,37H,2-7,11H2,1H3,(H,27,36)/t19-,20-,22-,23-,25?/m1/s1. The molecule has 1 saturated carbocycles. The molecule has 5 N–H and O–H groups in total. The Morgan fingerprint density at radius 2 is 1.79 bits per heavy atom. The summed E-state index contributed by atoms with van der Waals surface area (Å²) in [5.41, 5.74) is -0.257. The van der Waals surface area contributed by atoms with Gasteiger partial charge in [-0.2, -0.15) is 0 Å². The molecule has 2 amide bonds. The predicted molar refractivity (Wildman–Crippen MR) is 132 cm³/mol. The van der Waals surface area contributed by atoms with E-state index < -0.39 is 54.4 Å². The van der Waals surface area contributed by atoms with Crippen LogP contribution in [0.5, 0.6) is 0 Å². The smallest absolute Gasteiger partial charge is 0.257 e. The lowest BCUT2D eigenvalue weighted by molar-refractivity contribution is -0.252. The molecular formula is C25H31FN4O8. The fraction of sp³-hybridized carbons (Fsp3) is 0.560. The van der Waals surface area contributed by atoms with Crippen molar-refractivity contribution in [3.63, 3.8) is 0 Å². The minimum absolute atomic E-state index is 0.00884. The maximum atomic E-state index is 15.3. The summed E-state index contributed by atoms with van der Waals surface area (Å²) in [5, 5.41) is 42.3. The van der Waals surface area contributed by atoms with Crippen molar-refractivity contribution in [1.82, 2.24) is 14.8 Å². The molecule has 1 aromatic carbocycles. The molecule has 1 unspecified atom stereocenters. The first-order valence-electron chi connectivity index (χ1n) is 12.6. The van der Waals surface area contributed by atoms with Gasteiger partial charge in [-0.1, -0.05) is 0 Å². The minimum atomic E-state index is -1.75. The van der Waals surface area contributed by atoms with Crippen LogP contribution in [0.2, 0.25) is 0 Å². The number of nitrogens with one attached hydrogen (secondary N) is 1. The zero-order valence-electron chi connectivity index (χ0n) is 20.8. The second-order valence-electron chi connectivity index (χ2n) is 10.1. The Morgan fingerprint density at radius 1 is 1.11 bits per heavy atom. The molecule has 1 aliphatic carbocycles. The van der Waals surface area contributed by atoms with Gasteiger partial charge in [0.1, 0.15) is 35.7 Å². The minimum Gasteiger partial charge on any atom is -0.394 e. The van der Waals surface area contributed by atoms with E-state index in [-0.39, 0.29) is 22.9 Å². The summed E-state index contributed by atoms with van der Waals surface area (Å²) in [4.78, 5) is 41.7. The van der Waals surface area contributed by atoms with E-state index in [4.69, 9.17) is 4.74 Å². The fourth-order valence-electron chi connectivity index (χ4n) is 5.16. The van der Waals surface area contributed by atoms with Crippen molar-refractivity contribution in [3.05, 3.63) is 39.9 Å². The first-order chi connectivity index (χ1) is 18.1. The molecule has 0 radical (unpaired) electrons. The van der Waals surface area contributed by atoms with Crippen LogP contribution in [0, 0.1) is 5.82 Å². The molecule has 38 heavy (non-hydrogen) atoms. The van der Waals surface area contributed by atoms with Crippen molar-refractivity contribution < 1.29 is 39.1 Å². The number of pyridine rings is 1. The zero-order valence-corrected chi connectivity index (χ0v) is 20.8. The van der Waals surface area contributed by atoms with E-state index in [2.05, 4.69) is 5.32 Å². The molecule has 2 saturated heterocycles. The van der Waals surface area contributed by atoms with Gasteiger partial charge >= 0.3 is 0 Å². The lowest BCUT2D eigenvalue weighted by Gasteiger charge is -2.40. The average Bonchev–Trinajstić information content (AvgIpc) is 3.74. The van der Waals surface area contributed by atoms with Gasteiger partial charge in [-0.05, 0) is 25.0 Å². The summed E-state index contributed by atoms with van der Waals surface area (Å²) < 4.78 is 22.1. The third-order valence-electron chi connectivity index (χ3n) is 7.55. The maximum absolute atomic E-state index is 15.3. The van der Waals surface area contributed by atoms with Gasteiger partial charge in [0, 0.05) is 50.7 Å². The van der Waals surface area contributed by atoms with E-state index in [9.17, 15) is 34.8 Å². The molecule has 3 fully saturated rings. The van der Waals surface area contributed by atoms with Crippen LogP contribution in [-0.4, -0.2) is 105 Å². The van der Waals surface area contributed by atoms with E-state index in [0.29, 0.717) is 37.4 Å². The molecule has 13 heteroatoms. The van der Waals surface area contributed by atoms with Crippen molar-refractivity contribution in [1.29, 1.82) is 0 Å². The molecule has 0 spiro atoms. The normalized spacial score (nSPS) is 28.0. The first kappa shape index (κ1) is 26.5. The Morgan fingerprint density at radius 3 is 2.39 bits per heavy atom. The molecule has 3 heterocycles. The third-order valence-corrected chi connectivity index (χ3v) is 7.55. The highest BCUT2D eigenvalue weighted by Crippen LogP contribution is 2.38. The number of hydrogen-bond acceptors (Lipinski definition) is 9. The molecule has 206 valence electrons. The molecule has 2 aromatic rings. The van der Waals surface area contributed by atoms with Crippen LogP contribution in [0.25, 0.3) is 10.9 Å². The summed E-state index contributed by atoms with van der Waals surface area (Å²) in [5.74, 6) is -1.60. The number of aliphatic hydroxyl groups is 4. The number of halogens is 1. The van der Waals surface area contributed by atoms with Crippen molar-refractivity contribution in [2.24, 2.45) is 0 Å². The Hall–Kier alpha value is -3.10. The quantitative estimate of drug-likeness (QED) is 0.313. The molecule has 5 atom stereocenters. The predicted octanol–water partition coefficient (Wildman–Crippen LogP) is -1.33. The van der Waals surface area contributed by atoms with E-state index in [1.165, 1.54) is 13.1 Å². The number of anilines is 1. The lowest BCUT2D eigenvalue weighted by Crippen LogP contribution is -2.64. The van der Waals surface area contributed by atoms with Crippen molar-refractivity contribution in [2.45, 2.75) is 56.5 Å². The van der Waals surface area contributed by atoms with Gasteiger partial charge in [0.15, 0.2) is 6.29 Å². The number of amides is 2. The van der Waals surface area contributed by atoms with Crippen LogP contribution < -0.4 is 15.6 Å². The highest BCUT2D eigenvalue weighted by atomic mass is 19.1.